The number of nitrogens with zero attached hydrogens (tertiary/aromatic N) is 1. The molecule has 0 bridgehead atoms. The van der Waals surface area contributed by atoms with Crippen LogP contribution in [0.5, 0.6) is 0 Å². The predicted molar refractivity (Wildman–Crippen MR) is 82.7 cm³/mol. The Morgan fingerprint density at radius 2 is 1.68 bits per heavy atom. The average molecular weight is 319 g/mol. The number of para-hydroxylation sites is 1. The van der Waals surface area contributed by atoms with Crippen molar-refractivity contribution >= 4 is 22.7 Å². The molecule has 1 nitrogen and oxygen atoms in total. The molecular formula is C17H12F3NS. The van der Waals surface area contributed by atoms with Crippen molar-refractivity contribution in [2.24, 2.45) is 0 Å². The van der Waals surface area contributed by atoms with Gasteiger partial charge in [0.05, 0.1) is 11.1 Å². The van der Waals surface area contributed by atoms with E-state index < -0.39 is 11.7 Å². The molecule has 1 aromatic heterocycles. The van der Waals surface area contributed by atoms with Gasteiger partial charge in [-0.3, -0.25) is 4.98 Å². The van der Waals surface area contributed by atoms with Gasteiger partial charge in [-0.2, -0.15) is 13.2 Å². The van der Waals surface area contributed by atoms with Crippen LogP contribution in [0.2, 0.25) is 0 Å². The number of halogens is 3. The van der Waals surface area contributed by atoms with Gasteiger partial charge in [-0.15, -0.1) is 11.8 Å². The van der Waals surface area contributed by atoms with Crippen LogP contribution in [0.3, 0.4) is 0 Å². The van der Waals surface area contributed by atoms with E-state index in [1.165, 1.54) is 24.0 Å². The van der Waals surface area contributed by atoms with E-state index in [0.717, 1.165) is 16.5 Å². The molecule has 0 fully saturated rings. The largest absolute Gasteiger partial charge is 0.418 e. The summed E-state index contributed by atoms with van der Waals surface area (Å²) >= 11 is 1.51. The van der Waals surface area contributed by atoms with E-state index in [4.69, 9.17) is 0 Å². The van der Waals surface area contributed by atoms with E-state index in [1.54, 1.807) is 12.1 Å². The van der Waals surface area contributed by atoms with Gasteiger partial charge >= 0.3 is 6.18 Å². The maximum Gasteiger partial charge on any atom is 0.418 e. The van der Waals surface area contributed by atoms with Crippen LogP contribution in [0, 0.1) is 0 Å². The number of hydrogen-bond donors (Lipinski definition) is 0. The fraction of sp³-hybridized carbons (Fsp3) is 0.118. The molecule has 2 aromatic carbocycles. The van der Waals surface area contributed by atoms with Crippen LogP contribution in [0.1, 0.15) is 11.1 Å². The molecule has 0 spiro atoms. The van der Waals surface area contributed by atoms with Crippen LogP contribution in [0.15, 0.2) is 65.7 Å². The molecule has 22 heavy (non-hydrogen) atoms. The van der Waals surface area contributed by atoms with E-state index >= 15 is 0 Å². The Morgan fingerprint density at radius 3 is 2.41 bits per heavy atom. The summed E-state index contributed by atoms with van der Waals surface area (Å²) in [5, 5.41) is 0.540. The Morgan fingerprint density at radius 1 is 0.909 bits per heavy atom. The third-order valence-electron chi connectivity index (χ3n) is 3.27. The number of thioether (sulfide) groups is 1. The summed E-state index contributed by atoms with van der Waals surface area (Å²) in [5.41, 5.74) is 0.449. The summed E-state index contributed by atoms with van der Waals surface area (Å²) < 4.78 is 39.2. The number of alkyl halides is 3. The first-order valence-corrected chi connectivity index (χ1v) is 7.66. The zero-order valence-electron chi connectivity index (χ0n) is 11.5. The molecular weight excluding hydrogens is 307 g/mol. The van der Waals surface area contributed by atoms with Gasteiger partial charge in [-0.25, -0.2) is 0 Å². The molecule has 112 valence electrons. The van der Waals surface area contributed by atoms with Gasteiger partial charge < -0.3 is 0 Å². The van der Waals surface area contributed by atoms with E-state index in [-0.39, 0.29) is 5.52 Å². The first kappa shape index (κ1) is 14.9. The fourth-order valence-corrected chi connectivity index (χ4v) is 3.23. The van der Waals surface area contributed by atoms with Gasteiger partial charge in [0.15, 0.2) is 0 Å². The monoisotopic (exact) mass is 319 g/mol. The van der Waals surface area contributed by atoms with E-state index in [2.05, 4.69) is 4.98 Å². The van der Waals surface area contributed by atoms with E-state index in [9.17, 15) is 13.2 Å². The minimum atomic E-state index is -4.39. The summed E-state index contributed by atoms with van der Waals surface area (Å²) in [6.07, 6.45) is -2.96. The molecule has 0 saturated carbocycles. The molecule has 0 aliphatic heterocycles. The Kier molecular flexibility index (Phi) is 4.07. The van der Waals surface area contributed by atoms with Crippen molar-refractivity contribution in [3.8, 4) is 0 Å². The summed E-state index contributed by atoms with van der Waals surface area (Å²) in [5.74, 6) is 0.705. The summed E-state index contributed by atoms with van der Waals surface area (Å²) in [6.45, 7) is 0. The van der Waals surface area contributed by atoms with Crippen molar-refractivity contribution in [2.75, 3.05) is 0 Å². The van der Waals surface area contributed by atoms with E-state index in [1.807, 2.05) is 30.3 Å². The minimum Gasteiger partial charge on any atom is -0.256 e. The molecule has 5 heteroatoms. The number of hydrogen-bond acceptors (Lipinski definition) is 2. The summed E-state index contributed by atoms with van der Waals surface area (Å²) in [7, 11) is 0. The van der Waals surface area contributed by atoms with Crippen molar-refractivity contribution in [2.45, 2.75) is 16.8 Å². The topological polar surface area (TPSA) is 12.9 Å². The summed E-state index contributed by atoms with van der Waals surface area (Å²) in [4.78, 5) is 4.74. The highest BCUT2D eigenvalue weighted by atomic mass is 32.2. The van der Waals surface area contributed by atoms with Gasteiger partial charge in [0.25, 0.3) is 0 Å². The second-order valence-electron chi connectivity index (χ2n) is 4.78. The van der Waals surface area contributed by atoms with Gasteiger partial charge in [0, 0.05) is 22.2 Å². The lowest BCUT2D eigenvalue weighted by atomic mass is 10.1. The highest BCUT2D eigenvalue weighted by Crippen LogP contribution is 2.37. The van der Waals surface area contributed by atoms with Crippen molar-refractivity contribution < 1.29 is 13.2 Å². The van der Waals surface area contributed by atoms with Gasteiger partial charge in [0.1, 0.15) is 0 Å². The lowest BCUT2D eigenvalue weighted by molar-refractivity contribution is -0.136. The van der Waals surface area contributed by atoms with Crippen molar-refractivity contribution in [3.05, 3.63) is 71.9 Å². The number of pyridine rings is 1. The normalized spacial score (nSPS) is 11.8. The Bertz CT molecular complexity index is 785. The number of aromatic nitrogens is 1. The quantitative estimate of drug-likeness (QED) is 0.587. The number of benzene rings is 2. The first-order valence-electron chi connectivity index (χ1n) is 6.67. The van der Waals surface area contributed by atoms with Gasteiger partial charge in [-0.1, -0.05) is 42.5 Å². The molecule has 0 amide bonds. The third kappa shape index (κ3) is 3.09. The van der Waals surface area contributed by atoms with Crippen molar-refractivity contribution in [1.82, 2.24) is 4.98 Å². The smallest absolute Gasteiger partial charge is 0.256 e. The zero-order chi connectivity index (χ0) is 15.6. The van der Waals surface area contributed by atoms with Gasteiger partial charge in [0.2, 0.25) is 0 Å². The van der Waals surface area contributed by atoms with Crippen LogP contribution in [-0.4, -0.2) is 4.98 Å². The number of fused-ring (bicyclic) bond motifs is 1. The predicted octanol–water partition coefficient (Wildman–Crippen LogP) is 5.55. The Hall–Kier alpha value is -2.01. The second-order valence-corrected chi connectivity index (χ2v) is 5.80. The second kappa shape index (κ2) is 6.01. The average Bonchev–Trinajstić information content (AvgIpc) is 2.52. The maximum absolute atomic E-state index is 13.1. The lowest BCUT2D eigenvalue weighted by Crippen LogP contribution is -2.06. The molecule has 3 aromatic rings. The molecule has 0 aliphatic carbocycles. The standard InChI is InChI=1S/C17H12F3NS/c18-17(19,20)14-8-4-7-13-15(9-10-21-16(13)14)22-11-12-5-2-1-3-6-12/h1-10H,11H2. The fourth-order valence-electron chi connectivity index (χ4n) is 2.24. The van der Waals surface area contributed by atoms with Gasteiger partial charge in [-0.05, 0) is 17.7 Å². The molecule has 3 rings (SSSR count). The number of rotatable bonds is 3. The minimum absolute atomic E-state index is 0.00746. The molecule has 1 heterocycles. The Balaban J connectivity index is 1.97. The highest BCUT2D eigenvalue weighted by Gasteiger charge is 2.33. The molecule has 0 aliphatic rings. The molecule has 0 unspecified atom stereocenters. The van der Waals surface area contributed by atoms with Crippen LogP contribution in [-0.2, 0) is 11.9 Å². The van der Waals surface area contributed by atoms with Crippen molar-refractivity contribution in [1.29, 1.82) is 0 Å². The first-order chi connectivity index (χ1) is 10.6. The van der Waals surface area contributed by atoms with Crippen molar-refractivity contribution in [3.63, 3.8) is 0 Å². The molecule has 0 saturated heterocycles. The van der Waals surface area contributed by atoms with Crippen LogP contribution < -0.4 is 0 Å². The SMILES string of the molecule is FC(F)(F)c1cccc2c(SCc3ccccc3)ccnc12. The third-order valence-corrected chi connectivity index (χ3v) is 4.42. The summed E-state index contributed by atoms with van der Waals surface area (Å²) in [6, 6.07) is 15.8. The van der Waals surface area contributed by atoms with E-state index in [0.29, 0.717) is 11.1 Å². The van der Waals surface area contributed by atoms with Crippen LogP contribution in [0.25, 0.3) is 10.9 Å². The van der Waals surface area contributed by atoms with Crippen LogP contribution >= 0.6 is 11.8 Å². The molecule has 0 radical (unpaired) electrons. The Labute approximate surface area is 130 Å². The van der Waals surface area contributed by atoms with Crippen LogP contribution in [0.4, 0.5) is 13.2 Å². The zero-order valence-corrected chi connectivity index (χ0v) is 12.3. The molecule has 0 N–H and O–H groups in total. The lowest BCUT2D eigenvalue weighted by Gasteiger charge is -2.11. The molecule has 0 atom stereocenters. The maximum atomic E-state index is 13.1. The highest BCUT2D eigenvalue weighted by molar-refractivity contribution is 7.98.